The number of rotatable bonds is 5. The minimum atomic E-state index is -2.71. The number of aryl methyl sites for hydroxylation is 2. The Hall–Kier alpha value is -3.46. The lowest BCUT2D eigenvalue weighted by Crippen LogP contribution is -2.12. The summed E-state index contributed by atoms with van der Waals surface area (Å²) in [4.78, 5) is 17.3. The van der Waals surface area contributed by atoms with Gasteiger partial charge in [-0.2, -0.15) is 10.2 Å². The molecule has 168 valence electrons. The molecule has 0 aliphatic heterocycles. The van der Waals surface area contributed by atoms with Gasteiger partial charge in [0.05, 0.1) is 23.1 Å². The Balaban J connectivity index is 0.000000207. The van der Waals surface area contributed by atoms with Crippen LogP contribution in [0.3, 0.4) is 0 Å². The fourth-order valence-corrected chi connectivity index (χ4v) is 3.36. The fourth-order valence-electron chi connectivity index (χ4n) is 3.36. The fraction of sp³-hybridized carbons (Fsp3) is 0.304. The van der Waals surface area contributed by atoms with Gasteiger partial charge in [0.15, 0.2) is 11.9 Å². The first kappa shape index (κ1) is 23.2. The maximum absolute atomic E-state index is 13.1. The van der Waals surface area contributed by atoms with E-state index in [-0.39, 0.29) is 16.9 Å². The molecule has 0 bridgehead atoms. The summed E-state index contributed by atoms with van der Waals surface area (Å²) in [7, 11) is 6.14. The van der Waals surface area contributed by atoms with Gasteiger partial charge in [0, 0.05) is 30.4 Å². The highest BCUT2D eigenvalue weighted by atomic mass is 19.3. The van der Waals surface area contributed by atoms with Crippen LogP contribution in [0, 0.1) is 13.8 Å². The van der Waals surface area contributed by atoms with Crippen LogP contribution in [0.2, 0.25) is 0 Å². The molecule has 0 atom stereocenters. The zero-order valence-electron chi connectivity index (χ0n) is 18.8. The van der Waals surface area contributed by atoms with Crippen LogP contribution in [0.5, 0.6) is 0 Å². The number of carbonyl (C=O) groups is 1. The molecule has 0 radical (unpaired) electrons. The maximum atomic E-state index is 13.1. The number of halogens is 2. The molecule has 9 heteroatoms. The molecule has 4 rings (SSSR count). The molecule has 0 aliphatic carbocycles. The van der Waals surface area contributed by atoms with Crippen molar-refractivity contribution in [3.05, 3.63) is 70.8 Å². The molecule has 0 saturated heterocycles. The van der Waals surface area contributed by atoms with Crippen LogP contribution in [0.4, 0.5) is 8.78 Å². The lowest BCUT2D eigenvalue weighted by molar-refractivity contribution is 0.112. The molecule has 0 aliphatic rings. The second kappa shape index (κ2) is 9.78. The Morgan fingerprint density at radius 2 is 1.84 bits per heavy atom. The molecular weight excluding hydrogens is 414 g/mol. The van der Waals surface area contributed by atoms with Crippen LogP contribution in [0.15, 0.2) is 42.6 Å². The molecule has 3 heterocycles. The van der Waals surface area contributed by atoms with Gasteiger partial charge in [0.1, 0.15) is 5.69 Å². The molecule has 7 nitrogen and oxygen atoms in total. The molecule has 4 aromatic rings. The predicted molar refractivity (Wildman–Crippen MR) is 119 cm³/mol. The monoisotopic (exact) mass is 440 g/mol. The summed E-state index contributed by atoms with van der Waals surface area (Å²) in [6.07, 6.45) is -0.919. The summed E-state index contributed by atoms with van der Waals surface area (Å²) in [5.74, 6) is 0. The topological polar surface area (TPSA) is 68.3 Å². The lowest BCUT2D eigenvalue weighted by atomic mass is 10.1. The molecular formula is C23H26F2N6O. The van der Waals surface area contributed by atoms with Crippen LogP contribution in [-0.4, -0.2) is 49.7 Å². The lowest BCUT2D eigenvalue weighted by Gasteiger charge is -2.09. The van der Waals surface area contributed by atoms with E-state index >= 15 is 0 Å². The summed E-state index contributed by atoms with van der Waals surface area (Å²) in [5, 5.41) is 8.14. The first-order valence-electron chi connectivity index (χ1n) is 10.0. The van der Waals surface area contributed by atoms with E-state index in [9.17, 15) is 13.6 Å². The zero-order valence-corrected chi connectivity index (χ0v) is 18.8. The first-order chi connectivity index (χ1) is 15.2. The van der Waals surface area contributed by atoms with E-state index in [1.807, 2.05) is 17.8 Å². The van der Waals surface area contributed by atoms with Crippen LogP contribution in [-0.2, 0) is 13.6 Å². The van der Waals surface area contributed by atoms with E-state index in [0.29, 0.717) is 17.5 Å². The molecule has 32 heavy (non-hydrogen) atoms. The quantitative estimate of drug-likeness (QED) is 0.434. The number of aromatic nitrogens is 5. The van der Waals surface area contributed by atoms with Gasteiger partial charge in [0.2, 0.25) is 0 Å². The highest BCUT2D eigenvalue weighted by Crippen LogP contribution is 2.26. The SMILES string of the molecule is Cc1nn(C)c(C)c1CN(C)C.O=Cc1cnn2c(C(F)F)cc(-c3ccccc3)nc12. The predicted octanol–water partition coefficient (Wildman–Crippen LogP) is 4.24. The van der Waals surface area contributed by atoms with Gasteiger partial charge >= 0.3 is 0 Å². The Kier molecular flexibility index (Phi) is 7.09. The normalized spacial score (nSPS) is 11.2. The molecule has 0 amide bonds. The summed E-state index contributed by atoms with van der Waals surface area (Å²) in [5.41, 5.74) is 4.88. The van der Waals surface area contributed by atoms with Crippen molar-refractivity contribution in [1.29, 1.82) is 0 Å². The van der Waals surface area contributed by atoms with Gasteiger partial charge in [-0.05, 0) is 34.0 Å². The van der Waals surface area contributed by atoms with Crippen LogP contribution in [0.25, 0.3) is 16.9 Å². The van der Waals surface area contributed by atoms with Crippen LogP contribution in [0.1, 0.15) is 39.4 Å². The Morgan fingerprint density at radius 1 is 1.16 bits per heavy atom. The number of hydrogen-bond acceptors (Lipinski definition) is 5. The Morgan fingerprint density at radius 3 is 2.38 bits per heavy atom. The first-order valence-corrected chi connectivity index (χ1v) is 10.0. The number of alkyl halides is 2. The second-order valence-electron chi connectivity index (χ2n) is 7.70. The van der Waals surface area contributed by atoms with E-state index in [1.165, 1.54) is 23.5 Å². The molecule has 0 unspecified atom stereocenters. The van der Waals surface area contributed by atoms with E-state index in [4.69, 9.17) is 0 Å². The number of fused-ring (bicyclic) bond motifs is 1. The van der Waals surface area contributed by atoms with Crippen molar-refractivity contribution in [2.75, 3.05) is 14.1 Å². The summed E-state index contributed by atoms with van der Waals surface area (Å²) in [6, 6.07) is 10.2. The maximum Gasteiger partial charge on any atom is 0.280 e. The molecule has 1 aromatic carbocycles. The molecule has 0 N–H and O–H groups in total. The average Bonchev–Trinajstić information content (AvgIpc) is 3.29. The second-order valence-corrected chi connectivity index (χ2v) is 7.70. The number of aldehydes is 1. The van der Waals surface area contributed by atoms with Gasteiger partial charge in [-0.15, -0.1) is 0 Å². The molecule has 3 aromatic heterocycles. The van der Waals surface area contributed by atoms with E-state index < -0.39 is 6.43 Å². The van der Waals surface area contributed by atoms with E-state index in [0.717, 1.165) is 16.8 Å². The third kappa shape index (κ3) is 4.88. The van der Waals surface area contributed by atoms with Gasteiger partial charge in [-0.3, -0.25) is 9.48 Å². The molecule has 0 saturated carbocycles. The van der Waals surface area contributed by atoms with Gasteiger partial charge in [0.25, 0.3) is 6.43 Å². The number of benzene rings is 1. The highest BCUT2D eigenvalue weighted by molar-refractivity contribution is 5.84. The van der Waals surface area contributed by atoms with Gasteiger partial charge in [-0.1, -0.05) is 30.3 Å². The Bertz CT molecular complexity index is 1210. The molecule has 0 spiro atoms. The summed E-state index contributed by atoms with van der Waals surface area (Å²) < 4.78 is 29.2. The minimum absolute atomic E-state index is 0.136. The van der Waals surface area contributed by atoms with Crippen molar-refractivity contribution in [3.8, 4) is 11.3 Å². The number of carbonyl (C=O) groups excluding carboxylic acids is 1. The third-order valence-electron chi connectivity index (χ3n) is 5.08. The van der Waals surface area contributed by atoms with E-state index in [2.05, 4.69) is 48.0 Å². The zero-order chi connectivity index (χ0) is 23.4. The minimum Gasteiger partial charge on any atom is -0.305 e. The van der Waals surface area contributed by atoms with E-state index in [1.54, 1.807) is 24.3 Å². The highest BCUT2D eigenvalue weighted by Gasteiger charge is 2.18. The van der Waals surface area contributed by atoms with Crippen molar-refractivity contribution in [3.63, 3.8) is 0 Å². The Labute approximate surface area is 185 Å². The summed E-state index contributed by atoms with van der Waals surface area (Å²) >= 11 is 0. The molecule has 0 fully saturated rings. The smallest absolute Gasteiger partial charge is 0.280 e. The van der Waals surface area contributed by atoms with Gasteiger partial charge in [-0.25, -0.2) is 18.3 Å². The standard InChI is InChI=1S/C14H9F2N3O.C9H17N3/c15-13(16)12-6-11(9-4-2-1-3-5-9)18-14-10(8-20)7-17-19(12)14;1-7-9(6-11(3)4)8(2)12(5)10-7/h1-8,13H;6H2,1-5H3. The van der Waals surface area contributed by atoms with Gasteiger partial charge < -0.3 is 4.90 Å². The number of nitrogens with zero attached hydrogens (tertiary/aromatic N) is 6. The van der Waals surface area contributed by atoms with Crippen molar-refractivity contribution in [2.45, 2.75) is 26.8 Å². The average molecular weight is 440 g/mol. The largest absolute Gasteiger partial charge is 0.305 e. The van der Waals surface area contributed by atoms with Crippen molar-refractivity contribution in [2.24, 2.45) is 7.05 Å². The third-order valence-corrected chi connectivity index (χ3v) is 5.08. The van der Waals surface area contributed by atoms with Crippen LogP contribution < -0.4 is 0 Å². The van der Waals surface area contributed by atoms with Crippen molar-refractivity contribution < 1.29 is 13.6 Å². The van der Waals surface area contributed by atoms with Crippen molar-refractivity contribution >= 4 is 11.9 Å². The van der Waals surface area contributed by atoms with Crippen LogP contribution >= 0.6 is 0 Å². The number of hydrogen-bond donors (Lipinski definition) is 0. The van der Waals surface area contributed by atoms with Crippen molar-refractivity contribution in [1.82, 2.24) is 29.3 Å². The summed E-state index contributed by atoms with van der Waals surface area (Å²) in [6.45, 7) is 5.15.